The van der Waals surface area contributed by atoms with E-state index in [1.807, 2.05) is 0 Å². The molecule has 0 radical (unpaired) electrons. The lowest BCUT2D eigenvalue weighted by Gasteiger charge is -2.08. The molecule has 1 aromatic carbocycles. The van der Waals surface area contributed by atoms with E-state index >= 15 is 0 Å². The first-order chi connectivity index (χ1) is 8.16. The minimum atomic E-state index is -0.0289. The quantitative estimate of drug-likeness (QED) is 0.877. The molecule has 2 fully saturated rings. The molecule has 3 rings (SSSR count). The van der Waals surface area contributed by atoms with Gasteiger partial charge in [0.05, 0.1) is 5.02 Å². The number of carbonyl (C=O) groups is 1. The van der Waals surface area contributed by atoms with Gasteiger partial charge in [0.1, 0.15) is 0 Å². The fourth-order valence-corrected chi connectivity index (χ4v) is 2.93. The van der Waals surface area contributed by atoms with Crippen molar-refractivity contribution in [3.63, 3.8) is 0 Å². The second-order valence-electron chi connectivity index (χ2n) is 4.61. The Balaban J connectivity index is 1.68. The second kappa shape index (κ2) is 4.26. The minimum Gasteiger partial charge on any atom is -0.349 e. The van der Waals surface area contributed by atoms with Crippen molar-refractivity contribution in [1.82, 2.24) is 10.6 Å². The van der Waals surface area contributed by atoms with Gasteiger partial charge in [-0.3, -0.25) is 4.79 Å². The van der Waals surface area contributed by atoms with Crippen molar-refractivity contribution >= 4 is 33.4 Å². The summed E-state index contributed by atoms with van der Waals surface area (Å²) < 4.78 is 0.809. The fraction of sp³-hybridized carbons (Fsp3) is 0.417. The molecule has 1 aliphatic heterocycles. The first kappa shape index (κ1) is 11.5. The maximum absolute atomic E-state index is 12.0. The number of hydrogen-bond acceptors (Lipinski definition) is 2. The van der Waals surface area contributed by atoms with Crippen LogP contribution in [0.5, 0.6) is 0 Å². The highest BCUT2D eigenvalue weighted by molar-refractivity contribution is 9.10. The summed E-state index contributed by atoms with van der Waals surface area (Å²) in [5, 5.41) is 6.93. The molecule has 3 nitrogen and oxygen atoms in total. The van der Waals surface area contributed by atoms with Gasteiger partial charge in [-0.05, 0) is 46.0 Å². The second-order valence-corrected chi connectivity index (χ2v) is 5.88. The van der Waals surface area contributed by atoms with Gasteiger partial charge in [0.25, 0.3) is 5.91 Å². The van der Waals surface area contributed by atoms with Crippen LogP contribution in [0.3, 0.4) is 0 Å². The highest BCUT2D eigenvalue weighted by Gasteiger charge is 2.53. The van der Waals surface area contributed by atoms with Crippen molar-refractivity contribution in [2.24, 2.45) is 11.8 Å². The topological polar surface area (TPSA) is 41.1 Å². The van der Waals surface area contributed by atoms with E-state index in [2.05, 4.69) is 26.6 Å². The molecule has 17 heavy (non-hydrogen) atoms. The van der Waals surface area contributed by atoms with E-state index in [9.17, 15) is 4.79 Å². The summed E-state index contributed by atoms with van der Waals surface area (Å²) in [4.78, 5) is 12.0. The average molecular weight is 316 g/mol. The van der Waals surface area contributed by atoms with Crippen molar-refractivity contribution < 1.29 is 4.79 Å². The van der Waals surface area contributed by atoms with Gasteiger partial charge in [-0.25, -0.2) is 0 Å². The number of benzene rings is 1. The van der Waals surface area contributed by atoms with Crippen LogP contribution in [-0.4, -0.2) is 25.0 Å². The van der Waals surface area contributed by atoms with Crippen LogP contribution in [0.15, 0.2) is 22.7 Å². The van der Waals surface area contributed by atoms with Crippen LogP contribution < -0.4 is 10.6 Å². The molecule has 1 heterocycles. The molecule has 2 atom stereocenters. The zero-order chi connectivity index (χ0) is 12.0. The van der Waals surface area contributed by atoms with Crippen LogP contribution >= 0.6 is 27.5 Å². The standard InChI is InChI=1S/C12H12BrClN2O/c13-9-2-1-6(3-10(9)14)12(17)16-11-7-4-15-5-8(7)11/h1-3,7-8,11,15H,4-5H2,(H,16,17). The van der Waals surface area contributed by atoms with Crippen LogP contribution in [0.4, 0.5) is 0 Å². The molecular weight excluding hydrogens is 304 g/mol. The van der Waals surface area contributed by atoms with Gasteiger partial charge in [0.15, 0.2) is 0 Å². The summed E-state index contributed by atoms with van der Waals surface area (Å²) in [6.07, 6.45) is 0. The Morgan fingerprint density at radius 3 is 2.76 bits per heavy atom. The van der Waals surface area contributed by atoms with Crippen molar-refractivity contribution in [2.75, 3.05) is 13.1 Å². The number of rotatable bonds is 2. The third kappa shape index (κ3) is 2.09. The summed E-state index contributed by atoms with van der Waals surface area (Å²) in [6.45, 7) is 2.05. The SMILES string of the molecule is O=C(NC1C2CNCC21)c1ccc(Br)c(Cl)c1. The predicted octanol–water partition coefficient (Wildman–Crippen LogP) is 2.05. The molecule has 2 unspecified atom stereocenters. The van der Waals surface area contributed by atoms with Gasteiger partial charge in [-0.2, -0.15) is 0 Å². The smallest absolute Gasteiger partial charge is 0.251 e. The zero-order valence-corrected chi connectivity index (χ0v) is 11.4. The van der Waals surface area contributed by atoms with Crippen molar-refractivity contribution in [3.05, 3.63) is 33.3 Å². The van der Waals surface area contributed by atoms with Crippen LogP contribution in [0, 0.1) is 11.8 Å². The number of halogens is 2. The van der Waals surface area contributed by atoms with Gasteiger partial charge < -0.3 is 10.6 Å². The Morgan fingerprint density at radius 2 is 2.12 bits per heavy atom. The molecule has 1 aliphatic carbocycles. The normalized spacial score (nSPS) is 29.9. The molecule has 1 amide bonds. The monoisotopic (exact) mass is 314 g/mol. The molecule has 5 heteroatoms. The lowest BCUT2D eigenvalue weighted by molar-refractivity contribution is 0.0946. The number of hydrogen-bond donors (Lipinski definition) is 2. The molecule has 2 N–H and O–H groups in total. The van der Waals surface area contributed by atoms with Gasteiger partial charge in [-0.1, -0.05) is 11.6 Å². The van der Waals surface area contributed by atoms with Crippen molar-refractivity contribution in [3.8, 4) is 0 Å². The Labute approximate surface area is 113 Å². The van der Waals surface area contributed by atoms with Gasteiger partial charge in [-0.15, -0.1) is 0 Å². The highest BCUT2D eigenvalue weighted by atomic mass is 79.9. The Kier molecular flexibility index (Phi) is 2.89. The van der Waals surface area contributed by atoms with Gasteiger partial charge in [0, 0.05) is 29.2 Å². The summed E-state index contributed by atoms with van der Waals surface area (Å²) in [5.41, 5.74) is 0.621. The number of nitrogens with one attached hydrogen (secondary N) is 2. The summed E-state index contributed by atoms with van der Waals surface area (Å²) in [7, 11) is 0. The number of fused-ring (bicyclic) bond motifs is 1. The van der Waals surface area contributed by atoms with Crippen molar-refractivity contribution in [2.45, 2.75) is 6.04 Å². The van der Waals surface area contributed by atoms with E-state index in [4.69, 9.17) is 11.6 Å². The van der Waals surface area contributed by atoms with E-state index in [1.165, 1.54) is 0 Å². The maximum atomic E-state index is 12.0. The van der Waals surface area contributed by atoms with Crippen LogP contribution in [-0.2, 0) is 0 Å². The lowest BCUT2D eigenvalue weighted by Crippen LogP contribution is -2.32. The molecule has 1 aromatic rings. The van der Waals surface area contributed by atoms with E-state index < -0.39 is 0 Å². The van der Waals surface area contributed by atoms with E-state index in [-0.39, 0.29) is 5.91 Å². The minimum absolute atomic E-state index is 0.0289. The fourth-order valence-electron chi connectivity index (χ4n) is 2.50. The number of amides is 1. The molecule has 90 valence electrons. The van der Waals surface area contributed by atoms with Crippen LogP contribution in [0.2, 0.25) is 5.02 Å². The maximum Gasteiger partial charge on any atom is 0.251 e. The van der Waals surface area contributed by atoms with E-state index in [0.29, 0.717) is 28.5 Å². The third-order valence-electron chi connectivity index (χ3n) is 3.57. The van der Waals surface area contributed by atoms with Gasteiger partial charge >= 0.3 is 0 Å². The molecule has 0 aromatic heterocycles. The number of carbonyl (C=O) groups excluding carboxylic acids is 1. The molecule has 0 spiro atoms. The predicted molar refractivity (Wildman–Crippen MR) is 70.3 cm³/mol. The first-order valence-corrected chi connectivity index (χ1v) is 6.80. The largest absolute Gasteiger partial charge is 0.349 e. The van der Waals surface area contributed by atoms with E-state index in [0.717, 1.165) is 17.6 Å². The molecule has 1 saturated carbocycles. The molecule has 2 aliphatic rings. The highest BCUT2D eigenvalue weighted by Crippen LogP contribution is 2.41. The molecule has 1 saturated heterocycles. The third-order valence-corrected chi connectivity index (χ3v) is 4.80. The average Bonchev–Trinajstić information content (AvgIpc) is 2.76. The van der Waals surface area contributed by atoms with Crippen LogP contribution in [0.25, 0.3) is 0 Å². The van der Waals surface area contributed by atoms with Gasteiger partial charge in [0.2, 0.25) is 0 Å². The molecule has 0 bridgehead atoms. The van der Waals surface area contributed by atoms with Crippen molar-refractivity contribution in [1.29, 1.82) is 0 Å². The summed E-state index contributed by atoms with van der Waals surface area (Å²) >= 11 is 9.28. The molecular formula is C12H12BrClN2O. The zero-order valence-electron chi connectivity index (χ0n) is 9.04. The summed E-state index contributed by atoms with van der Waals surface area (Å²) in [6, 6.07) is 5.62. The lowest BCUT2D eigenvalue weighted by atomic mass is 10.2. The summed E-state index contributed by atoms with van der Waals surface area (Å²) in [5.74, 6) is 1.23. The van der Waals surface area contributed by atoms with Crippen LogP contribution in [0.1, 0.15) is 10.4 Å². The Morgan fingerprint density at radius 1 is 1.41 bits per heavy atom. The Hall–Kier alpha value is -0.580. The Bertz CT molecular complexity index is 470. The first-order valence-electron chi connectivity index (χ1n) is 5.63. The van der Waals surface area contributed by atoms with E-state index in [1.54, 1.807) is 18.2 Å². The number of piperidine rings is 1.